The molecule has 0 bridgehead atoms. The Balaban J connectivity index is 2.03. The SMILES string of the molecule is COC(=O)c1ccc(C(C#N)NCc2ccc(O)cc2)cc1. The standard InChI is InChI=1S/C17H16N2O3/c1-22-17(21)14-6-4-13(5-7-14)16(10-18)19-11-12-2-8-15(20)9-3-12/h2-9,16,19-20H,11H2,1H3. The molecule has 1 unspecified atom stereocenters. The molecule has 0 radical (unpaired) electrons. The van der Waals surface area contributed by atoms with E-state index in [-0.39, 0.29) is 5.75 Å². The molecule has 0 spiro atoms. The molecule has 0 aliphatic rings. The van der Waals surface area contributed by atoms with Gasteiger partial charge in [0.2, 0.25) is 0 Å². The number of hydrogen-bond acceptors (Lipinski definition) is 5. The second kappa shape index (κ2) is 7.25. The quantitative estimate of drug-likeness (QED) is 0.828. The van der Waals surface area contributed by atoms with Crippen LogP contribution in [0.25, 0.3) is 0 Å². The van der Waals surface area contributed by atoms with Gasteiger partial charge in [-0.25, -0.2) is 4.79 Å². The number of nitrogens with one attached hydrogen (secondary N) is 1. The number of phenols is 1. The number of carbonyl (C=O) groups is 1. The van der Waals surface area contributed by atoms with Crippen molar-refractivity contribution in [1.29, 1.82) is 5.26 Å². The number of nitriles is 1. The van der Waals surface area contributed by atoms with Crippen LogP contribution in [0.5, 0.6) is 5.75 Å². The van der Waals surface area contributed by atoms with Crippen molar-refractivity contribution in [2.45, 2.75) is 12.6 Å². The lowest BCUT2D eigenvalue weighted by Crippen LogP contribution is -2.19. The summed E-state index contributed by atoms with van der Waals surface area (Å²) in [6.45, 7) is 0.497. The number of rotatable bonds is 5. The van der Waals surface area contributed by atoms with Crippen molar-refractivity contribution in [3.63, 3.8) is 0 Å². The fraction of sp³-hybridized carbons (Fsp3) is 0.176. The zero-order valence-corrected chi connectivity index (χ0v) is 12.1. The van der Waals surface area contributed by atoms with Crippen molar-refractivity contribution in [1.82, 2.24) is 5.32 Å². The van der Waals surface area contributed by atoms with E-state index in [1.807, 2.05) is 0 Å². The van der Waals surface area contributed by atoms with Gasteiger partial charge in [0.25, 0.3) is 0 Å². The third-order valence-electron chi connectivity index (χ3n) is 3.24. The van der Waals surface area contributed by atoms with E-state index in [0.29, 0.717) is 12.1 Å². The van der Waals surface area contributed by atoms with Gasteiger partial charge in [0.05, 0.1) is 18.7 Å². The largest absolute Gasteiger partial charge is 0.508 e. The molecule has 0 aromatic heterocycles. The lowest BCUT2D eigenvalue weighted by Gasteiger charge is -2.12. The van der Waals surface area contributed by atoms with E-state index in [4.69, 9.17) is 0 Å². The molecule has 0 aliphatic carbocycles. The third kappa shape index (κ3) is 3.84. The Labute approximate surface area is 128 Å². The van der Waals surface area contributed by atoms with Crippen molar-refractivity contribution in [3.8, 4) is 11.8 Å². The topological polar surface area (TPSA) is 82.4 Å². The summed E-state index contributed by atoms with van der Waals surface area (Å²) >= 11 is 0. The van der Waals surface area contributed by atoms with Gasteiger partial charge in [-0.05, 0) is 35.4 Å². The number of aromatic hydroxyl groups is 1. The number of phenolic OH excluding ortho intramolecular Hbond substituents is 1. The maximum atomic E-state index is 11.4. The predicted octanol–water partition coefficient (Wildman–Crippen LogP) is 2.53. The van der Waals surface area contributed by atoms with Crippen LogP contribution in [0, 0.1) is 11.3 Å². The second-order valence-electron chi connectivity index (χ2n) is 4.72. The first-order valence-corrected chi connectivity index (χ1v) is 6.73. The van der Waals surface area contributed by atoms with Crippen molar-refractivity contribution in [2.24, 2.45) is 0 Å². The fourth-order valence-electron chi connectivity index (χ4n) is 2.00. The Morgan fingerprint density at radius 2 is 1.86 bits per heavy atom. The number of ether oxygens (including phenoxy) is 1. The maximum absolute atomic E-state index is 11.4. The summed E-state index contributed by atoms with van der Waals surface area (Å²) in [7, 11) is 1.33. The molecule has 2 rings (SSSR count). The van der Waals surface area contributed by atoms with Crippen LogP contribution >= 0.6 is 0 Å². The smallest absolute Gasteiger partial charge is 0.337 e. The lowest BCUT2D eigenvalue weighted by molar-refractivity contribution is 0.0600. The average molecular weight is 296 g/mol. The number of benzene rings is 2. The predicted molar refractivity (Wildman–Crippen MR) is 81.1 cm³/mol. The normalized spacial score (nSPS) is 11.5. The molecule has 0 heterocycles. The zero-order valence-electron chi connectivity index (χ0n) is 12.1. The monoisotopic (exact) mass is 296 g/mol. The Bertz CT molecular complexity index is 673. The highest BCUT2D eigenvalue weighted by Crippen LogP contribution is 2.16. The first-order valence-electron chi connectivity index (χ1n) is 6.73. The van der Waals surface area contributed by atoms with Gasteiger partial charge >= 0.3 is 5.97 Å². The highest BCUT2D eigenvalue weighted by atomic mass is 16.5. The first-order chi connectivity index (χ1) is 10.6. The van der Waals surface area contributed by atoms with Crippen LogP contribution in [0.15, 0.2) is 48.5 Å². The van der Waals surface area contributed by atoms with E-state index in [9.17, 15) is 15.2 Å². The fourth-order valence-corrected chi connectivity index (χ4v) is 2.00. The molecule has 2 aromatic rings. The van der Waals surface area contributed by atoms with Crippen LogP contribution in [0.3, 0.4) is 0 Å². The van der Waals surface area contributed by atoms with Gasteiger partial charge in [-0.3, -0.25) is 5.32 Å². The summed E-state index contributed by atoms with van der Waals surface area (Å²) in [4.78, 5) is 11.4. The van der Waals surface area contributed by atoms with Crippen LogP contribution in [-0.4, -0.2) is 18.2 Å². The molecule has 2 N–H and O–H groups in total. The number of methoxy groups -OCH3 is 1. The Morgan fingerprint density at radius 1 is 1.23 bits per heavy atom. The molecule has 5 heteroatoms. The Morgan fingerprint density at radius 3 is 2.41 bits per heavy atom. The van der Waals surface area contributed by atoms with Crippen molar-refractivity contribution < 1.29 is 14.6 Å². The number of hydrogen-bond donors (Lipinski definition) is 2. The molecule has 22 heavy (non-hydrogen) atoms. The number of carbonyl (C=O) groups excluding carboxylic acids is 1. The average Bonchev–Trinajstić information content (AvgIpc) is 2.57. The molecular formula is C17H16N2O3. The van der Waals surface area contributed by atoms with Crippen molar-refractivity contribution in [2.75, 3.05) is 7.11 Å². The lowest BCUT2D eigenvalue weighted by atomic mass is 10.1. The molecule has 0 fully saturated rings. The zero-order chi connectivity index (χ0) is 15.9. The summed E-state index contributed by atoms with van der Waals surface area (Å²) in [5, 5.41) is 21.6. The molecule has 0 aliphatic heterocycles. The number of esters is 1. The maximum Gasteiger partial charge on any atom is 0.337 e. The van der Waals surface area contributed by atoms with Gasteiger partial charge in [0, 0.05) is 6.54 Å². The Kier molecular flexibility index (Phi) is 5.12. The summed E-state index contributed by atoms with van der Waals surface area (Å²) in [6.07, 6.45) is 0. The van der Waals surface area contributed by atoms with Gasteiger partial charge in [0.1, 0.15) is 11.8 Å². The highest BCUT2D eigenvalue weighted by Gasteiger charge is 2.11. The van der Waals surface area contributed by atoms with Crippen LogP contribution < -0.4 is 5.32 Å². The summed E-state index contributed by atoms with van der Waals surface area (Å²) in [5.41, 5.74) is 2.18. The molecule has 5 nitrogen and oxygen atoms in total. The van der Waals surface area contributed by atoms with E-state index < -0.39 is 12.0 Å². The Hall–Kier alpha value is -2.84. The number of nitrogens with zero attached hydrogens (tertiary/aromatic N) is 1. The molecule has 0 amide bonds. The minimum absolute atomic E-state index is 0.207. The molecule has 0 saturated heterocycles. The van der Waals surface area contributed by atoms with Gasteiger partial charge in [0.15, 0.2) is 0 Å². The minimum Gasteiger partial charge on any atom is -0.508 e. The van der Waals surface area contributed by atoms with E-state index >= 15 is 0 Å². The van der Waals surface area contributed by atoms with Crippen molar-refractivity contribution in [3.05, 3.63) is 65.2 Å². The van der Waals surface area contributed by atoms with Crippen LogP contribution in [0.2, 0.25) is 0 Å². The van der Waals surface area contributed by atoms with E-state index in [1.54, 1.807) is 48.5 Å². The molecule has 0 saturated carbocycles. The highest BCUT2D eigenvalue weighted by molar-refractivity contribution is 5.89. The molecule has 1 atom stereocenters. The van der Waals surface area contributed by atoms with Crippen LogP contribution in [0.4, 0.5) is 0 Å². The summed E-state index contributed by atoms with van der Waals surface area (Å²) in [5.74, 6) is -0.198. The van der Waals surface area contributed by atoms with Crippen LogP contribution in [0.1, 0.15) is 27.5 Å². The third-order valence-corrected chi connectivity index (χ3v) is 3.24. The van der Waals surface area contributed by atoms with Crippen LogP contribution in [-0.2, 0) is 11.3 Å². The molecule has 2 aromatic carbocycles. The second-order valence-corrected chi connectivity index (χ2v) is 4.72. The first kappa shape index (κ1) is 15.5. The van der Waals surface area contributed by atoms with E-state index in [1.165, 1.54) is 7.11 Å². The molecule has 112 valence electrons. The summed E-state index contributed by atoms with van der Waals surface area (Å²) < 4.78 is 4.64. The van der Waals surface area contributed by atoms with Gasteiger partial charge in [-0.2, -0.15) is 5.26 Å². The van der Waals surface area contributed by atoms with Gasteiger partial charge in [-0.15, -0.1) is 0 Å². The van der Waals surface area contributed by atoms with Gasteiger partial charge in [-0.1, -0.05) is 24.3 Å². The van der Waals surface area contributed by atoms with E-state index in [0.717, 1.165) is 11.1 Å². The van der Waals surface area contributed by atoms with Crippen molar-refractivity contribution >= 4 is 5.97 Å². The van der Waals surface area contributed by atoms with Gasteiger partial charge < -0.3 is 9.84 Å². The minimum atomic E-state index is -0.486. The van der Waals surface area contributed by atoms with E-state index in [2.05, 4.69) is 16.1 Å². The summed E-state index contributed by atoms with van der Waals surface area (Å²) in [6, 6.07) is 15.2. The molecular weight excluding hydrogens is 280 g/mol.